The van der Waals surface area contributed by atoms with Gasteiger partial charge in [0.2, 0.25) is 0 Å². The fraction of sp³-hybridized carbons (Fsp3) is 0.768. The largest absolute Gasteiger partial charge is 0.477 e. The van der Waals surface area contributed by atoms with Gasteiger partial charge in [0, 0.05) is 12.8 Å². The van der Waals surface area contributed by atoms with Gasteiger partial charge in [0.05, 0.1) is 34.4 Å². The summed E-state index contributed by atoms with van der Waals surface area (Å²) in [5, 5.41) is 9.66. The first-order chi connectivity index (χ1) is 31.6. The smallest absolute Gasteiger partial charge is 0.361 e. The molecule has 65 heavy (non-hydrogen) atoms. The van der Waals surface area contributed by atoms with Crippen molar-refractivity contribution in [1.29, 1.82) is 0 Å². The van der Waals surface area contributed by atoms with Crippen molar-refractivity contribution in [3.8, 4) is 0 Å². The summed E-state index contributed by atoms with van der Waals surface area (Å²) in [7, 11) is 5.94. The van der Waals surface area contributed by atoms with Crippen LogP contribution in [0.3, 0.4) is 0 Å². The number of unbranched alkanes of at least 4 members (excludes halogenated alkanes) is 23. The number of aliphatic carboxylic acids is 1. The van der Waals surface area contributed by atoms with Crippen molar-refractivity contribution in [2.24, 2.45) is 0 Å². The number of carboxylic acids is 1. The minimum Gasteiger partial charge on any atom is -0.477 e. The molecule has 9 heteroatoms. The molecule has 0 fully saturated rings. The zero-order chi connectivity index (χ0) is 47.7. The molecule has 1 N–H and O–H groups in total. The summed E-state index contributed by atoms with van der Waals surface area (Å²) in [6, 6.07) is 0. The van der Waals surface area contributed by atoms with Crippen LogP contribution in [-0.2, 0) is 33.3 Å². The molecular formula is C56H100NO8+. The number of hydrogen-bond acceptors (Lipinski definition) is 7. The molecule has 0 aromatic carbocycles. The first-order valence-electron chi connectivity index (χ1n) is 26.5. The zero-order valence-corrected chi connectivity index (χ0v) is 42.6. The Morgan fingerprint density at radius 2 is 0.877 bits per heavy atom. The molecule has 0 rings (SSSR count). The maximum absolute atomic E-state index is 12.8. The van der Waals surface area contributed by atoms with E-state index < -0.39 is 24.3 Å². The summed E-state index contributed by atoms with van der Waals surface area (Å²) in [6.07, 6.45) is 55.9. The van der Waals surface area contributed by atoms with Gasteiger partial charge in [-0.05, 0) is 77.0 Å². The number of esters is 2. The Bertz CT molecular complexity index is 1250. The SMILES string of the molecule is CC/C=C\C/C=C\C/C=C\C/C=C\CCCCC(=O)OC(COC(=O)CCCCCCCCCCCCCCC/C=C\CCCCCCCCCC)COC(OCC[N+](C)(C)C)C(=O)O. The maximum Gasteiger partial charge on any atom is 0.361 e. The molecule has 0 aliphatic carbocycles. The molecule has 0 aliphatic rings. The predicted molar refractivity (Wildman–Crippen MR) is 272 cm³/mol. The van der Waals surface area contributed by atoms with E-state index in [0.717, 1.165) is 57.8 Å². The number of carboxylic acid groups (broad SMARTS) is 1. The second-order valence-corrected chi connectivity index (χ2v) is 18.8. The summed E-state index contributed by atoms with van der Waals surface area (Å²) in [6.45, 7) is 4.72. The first kappa shape index (κ1) is 62.0. The fourth-order valence-electron chi connectivity index (χ4n) is 7.17. The van der Waals surface area contributed by atoms with E-state index in [4.69, 9.17) is 18.9 Å². The number of hydrogen-bond donors (Lipinski definition) is 1. The third kappa shape index (κ3) is 48.7. The van der Waals surface area contributed by atoms with Gasteiger partial charge in [-0.2, -0.15) is 0 Å². The average Bonchev–Trinajstić information content (AvgIpc) is 3.27. The lowest BCUT2D eigenvalue weighted by atomic mass is 10.0. The second-order valence-electron chi connectivity index (χ2n) is 18.8. The number of nitrogens with zero attached hydrogens (tertiary/aromatic N) is 1. The first-order valence-corrected chi connectivity index (χ1v) is 26.5. The minimum atomic E-state index is -1.52. The molecule has 0 aliphatic heterocycles. The summed E-state index contributed by atoms with van der Waals surface area (Å²) in [5.74, 6) is -2.06. The van der Waals surface area contributed by atoms with Gasteiger partial charge in [-0.1, -0.05) is 190 Å². The van der Waals surface area contributed by atoms with E-state index in [-0.39, 0.29) is 32.2 Å². The Hall–Kier alpha value is -3.01. The highest BCUT2D eigenvalue weighted by Crippen LogP contribution is 2.15. The van der Waals surface area contributed by atoms with E-state index in [1.165, 1.54) is 128 Å². The zero-order valence-electron chi connectivity index (χ0n) is 42.6. The van der Waals surface area contributed by atoms with Gasteiger partial charge >= 0.3 is 17.9 Å². The molecule has 2 unspecified atom stereocenters. The molecule has 0 spiro atoms. The van der Waals surface area contributed by atoms with Gasteiger partial charge < -0.3 is 28.5 Å². The Balaban J connectivity index is 4.28. The molecule has 0 aromatic rings. The normalized spacial score (nSPS) is 13.3. The van der Waals surface area contributed by atoms with Crippen LogP contribution < -0.4 is 0 Å². The van der Waals surface area contributed by atoms with E-state index in [9.17, 15) is 19.5 Å². The van der Waals surface area contributed by atoms with Gasteiger partial charge in [-0.3, -0.25) is 9.59 Å². The van der Waals surface area contributed by atoms with Crippen molar-refractivity contribution in [2.75, 3.05) is 47.5 Å². The average molecular weight is 915 g/mol. The topological polar surface area (TPSA) is 108 Å². The number of carbonyl (C=O) groups excluding carboxylic acids is 2. The molecule has 0 heterocycles. The Morgan fingerprint density at radius 3 is 1.35 bits per heavy atom. The van der Waals surface area contributed by atoms with Crippen molar-refractivity contribution in [3.05, 3.63) is 60.8 Å². The van der Waals surface area contributed by atoms with Crippen molar-refractivity contribution in [1.82, 2.24) is 0 Å². The standard InChI is InChI=1S/C56H99NO8/c1-6-8-10-12-14-16-18-20-22-23-24-25-26-27-28-29-30-31-33-34-36-38-40-42-44-46-53(58)63-50-52(51-64-56(55(60)61)62-49-48-57(3,4)5)65-54(59)47-45-43-41-39-37-35-32-21-19-17-15-13-11-9-7-2/h9,11,15,17,21,23-24,32,37,39,52,56H,6-8,10,12-14,16,18-20,22,25-31,33-36,38,40-51H2,1-5H3/p+1/b11-9-,17-15-,24-23-,32-21-,39-37-. The number of likely N-dealkylation sites (N-methyl/N-ethyl adjacent to an activating group) is 1. The molecule has 0 saturated carbocycles. The van der Waals surface area contributed by atoms with Crippen LogP contribution in [0.4, 0.5) is 0 Å². The van der Waals surface area contributed by atoms with Crippen molar-refractivity contribution in [2.45, 2.75) is 232 Å². The van der Waals surface area contributed by atoms with Crippen molar-refractivity contribution >= 4 is 17.9 Å². The Morgan fingerprint density at radius 1 is 0.477 bits per heavy atom. The van der Waals surface area contributed by atoms with Crippen LogP contribution >= 0.6 is 0 Å². The third-order valence-electron chi connectivity index (χ3n) is 11.3. The summed E-state index contributed by atoms with van der Waals surface area (Å²) in [5.41, 5.74) is 0. The Kier molecular flexibility index (Phi) is 45.3. The second kappa shape index (κ2) is 47.5. The number of rotatable bonds is 48. The monoisotopic (exact) mass is 915 g/mol. The minimum absolute atomic E-state index is 0.178. The van der Waals surface area contributed by atoms with Crippen molar-refractivity contribution < 1.29 is 42.9 Å². The molecular weight excluding hydrogens is 815 g/mol. The van der Waals surface area contributed by atoms with Gasteiger partial charge in [-0.15, -0.1) is 0 Å². The quantitative estimate of drug-likeness (QED) is 0.0211. The van der Waals surface area contributed by atoms with E-state index in [1.54, 1.807) is 0 Å². The van der Waals surface area contributed by atoms with Crippen LogP contribution in [0.2, 0.25) is 0 Å². The number of carbonyl (C=O) groups is 3. The highest BCUT2D eigenvalue weighted by atomic mass is 16.7. The fourth-order valence-corrected chi connectivity index (χ4v) is 7.17. The van der Waals surface area contributed by atoms with Crippen LogP contribution in [0.5, 0.6) is 0 Å². The summed E-state index contributed by atoms with van der Waals surface area (Å²) in [4.78, 5) is 37.3. The highest BCUT2D eigenvalue weighted by Gasteiger charge is 2.25. The van der Waals surface area contributed by atoms with E-state index in [1.807, 2.05) is 21.1 Å². The van der Waals surface area contributed by atoms with E-state index in [0.29, 0.717) is 23.9 Å². The summed E-state index contributed by atoms with van der Waals surface area (Å²) >= 11 is 0. The van der Waals surface area contributed by atoms with Gasteiger partial charge in [0.1, 0.15) is 13.2 Å². The third-order valence-corrected chi connectivity index (χ3v) is 11.3. The van der Waals surface area contributed by atoms with Gasteiger partial charge in [-0.25, -0.2) is 4.79 Å². The molecule has 0 aromatic heterocycles. The molecule has 0 saturated heterocycles. The lowest BCUT2D eigenvalue weighted by Crippen LogP contribution is -2.40. The van der Waals surface area contributed by atoms with Crippen LogP contribution in [0.15, 0.2) is 60.8 Å². The molecule has 0 radical (unpaired) electrons. The maximum atomic E-state index is 12.8. The van der Waals surface area contributed by atoms with Crippen LogP contribution in [-0.4, -0.2) is 87.4 Å². The van der Waals surface area contributed by atoms with Crippen LogP contribution in [0.25, 0.3) is 0 Å². The van der Waals surface area contributed by atoms with Gasteiger partial charge in [0.25, 0.3) is 6.29 Å². The van der Waals surface area contributed by atoms with Crippen LogP contribution in [0.1, 0.15) is 219 Å². The number of ether oxygens (including phenoxy) is 4. The predicted octanol–water partition coefficient (Wildman–Crippen LogP) is 14.9. The van der Waals surface area contributed by atoms with Crippen molar-refractivity contribution in [3.63, 3.8) is 0 Å². The number of quaternary nitrogens is 1. The summed E-state index contributed by atoms with van der Waals surface area (Å²) < 4.78 is 22.8. The lowest BCUT2D eigenvalue weighted by Gasteiger charge is -2.25. The molecule has 376 valence electrons. The van der Waals surface area contributed by atoms with E-state index >= 15 is 0 Å². The lowest BCUT2D eigenvalue weighted by molar-refractivity contribution is -0.870. The van der Waals surface area contributed by atoms with E-state index in [2.05, 4.69) is 74.6 Å². The highest BCUT2D eigenvalue weighted by molar-refractivity contribution is 5.71. The van der Waals surface area contributed by atoms with Gasteiger partial charge in [0.15, 0.2) is 6.10 Å². The van der Waals surface area contributed by atoms with Crippen LogP contribution in [0, 0.1) is 0 Å². The number of allylic oxidation sites excluding steroid dienone is 10. The molecule has 0 bridgehead atoms. The molecule has 0 amide bonds. The Labute approximate surface area is 399 Å². The molecule has 9 nitrogen and oxygen atoms in total. The molecule has 2 atom stereocenters.